The fourth-order valence-electron chi connectivity index (χ4n) is 2.46. The second-order valence-electron chi connectivity index (χ2n) is 5.12. The normalized spacial score (nSPS) is 11.7. The molecule has 2 aromatic rings. The van der Waals surface area contributed by atoms with E-state index in [1.807, 2.05) is 31.2 Å². The highest BCUT2D eigenvalue weighted by Crippen LogP contribution is 2.36. The molecule has 0 saturated carbocycles. The zero-order chi connectivity index (χ0) is 17.0. The first-order valence-electron chi connectivity index (χ1n) is 7.22. The lowest BCUT2D eigenvalue weighted by Crippen LogP contribution is -2.14. The summed E-state index contributed by atoms with van der Waals surface area (Å²) in [6.45, 7) is 1.83. The Kier molecular flexibility index (Phi) is 5.11. The summed E-state index contributed by atoms with van der Waals surface area (Å²) in [5.74, 6) is 1.06. The van der Waals surface area contributed by atoms with Crippen LogP contribution in [0.2, 0.25) is 0 Å². The molecule has 1 unspecified atom stereocenters. The van der Waals surface area contributed by atoms with Gasteiger partial charge < -0.3 is 19.9 Å². The third-order valence-corrected chi connectivity index (χ3v) is 3.84. The molecule has 0 aliphatic heterocycles. The first-order valence-corrected chi connectivity index (χ1v) is 7.22. The van der Waals surface area contributed by atoms with E-state index in [0.717, 1.165) is 5.56 Å². The van der Waals surface area contributed by atoms with E-state index < -0.39 is 5.92 Å². The van der Waals surface area contributed by atoms with E-state index >= 15 is 0 Å². The molecule has 0 aromatic heterocycles. The summed E-state index contributed by atoms with van der Waals surface area (Å²) in [7, 11) is 4.61. The Morgan fingerprint density at radius 1 is 1.00 bits per heavy atom. The number of nitrogens with two attached hydrogens (primary N) is 1. The maximum atomic E-state index is 13.0. The predicted octanol–water partition coefficient (Wildman–Crippen LogP) is 3.28. The van der Waals surface area contributed by atoms with Crippen molar-refractivity contribution in [3.8, 4) is 17.2 Å². The van der Waals surface area contributed by atoms with Gasteiger partial charge in [0.15, 0.2) is 5.78 Å². The van der Waals surface area contributed by atoms with Crippen LogP contribution in [0.1, 0.15) is 28.8 Å². The minimum Gasteiger partial charge on any atom is -0.497 e. The third kappa shape index (κ3) is 3.23. The summed E-state index contributed by atoms with van der Waals surface area (Å²) in [6, 6.07) is 10.8. The van der Waals surface area contributed by atoms with Crippen LogP contribution in [0.5, 0.6) is 17.2 Å². The fourth-order valence-corrected chi connectivity index (χ4v) is 2.46. The van der Waals surface area contributed by atoms with Crippen molar-refractivity contribution < 1.29 is 19.0 Å². The minimum atomic E-state index is -0.395. The fraction of sp³-hybridized carbons (Fsp3) is 0.278. The number of methoxy groups -OCH3 is 3. The Labute approximate surface area is 136 Å². The van der Waals surface area contributed by atoms with Crippen LogP contribution in [0, 0.1) is 0 Å². The van der Waals surface area contributed by atoms with Gasteiger partial charge in [-0.05, 0) is 29.8 Å². The van der Waals surface area contributed by atoms with E-state index in [1.54, 1.807) is 19.2 Å². The number of ether oxygens (including phenoxy) is 3. The second kappa shape index (κ2) is 7.05. The molecule has 0 amide bonds. The summed E-state index contributed by atoms with van der Waals surface area (Å²) in [4.78, 5) is 13.0. The number of carbonyl (C=O) groups excluding carboxylic acids is 1. The average molecular weight is 315 g/mol. The number of hydrogen-bond acceptors (Lipinski definition) is 5. The molecule has 0 aliphatic carbocycles. The summed E-state index contributed by atoms with van der Waals surface area (Å²) in [5.41, 5.74) is 7.56. The molecular weight excluding hydrogens is 294 g/mol. The minimum absolute atomic E-state index is 0.133. The SMILES string of the molecule is COc1cccc(C(C)C(=O)c2c(OC)ccc(OC)c2N)c1. The highest BCUT2D eigenvalue weighted by molar-refractivity contribution is 6.08. The highest BCUT2D eigenvalue weighted by atomic mass is 16.5. The highest BCUT2D eigenvalue weighted by Gasteiger charge is 2.25. The van der Waals surface area contributed by atoms with Crippen molar-refractivity contribution >= 4 is 11.5 Å². The van der Waals surface area contributed by atoms with Gasteiger partial charge in [-0.15, -0.1) is 0 Å². The van der Waals surface area contributed by atoms with Crippen LogP contribution in [0.15, 0.2) is 36.4 Å². The van der Waals surface area contributed by atoms with Gasteiger partial charge in [0, 0.05) is 5.92 Å². The van der Waals surface area contributed by atoms with Crippen LogP contribution in [0.4, 0.5) is 5.69 Å². The van der Waals surface area contributed by atoms with Crippen LogP contribution in [0.3, 0.4) is 0 Å². The maximum absolute atomic E-state index is 13.0. The van der Waals surface area contributed by atoms with E-state index in [9.17, 15) is 4.79 Å². The number of ketones is 1. The van der Waals surface area contributed by atoms with Gasteiger partial charge in [0.2, 0.25) is 0 Å². The molecule has 0 radical (unpaired) electrons. The van der Waals surface area contributed by atoms with E-state index in [4.69, 9.17) is 19.9 Å². The Morgan fingerprint density at radius 2 is 1.65 bits per heavy atom. The zero-order valence-electron chi connectivity index (χ0n) is 13.8. The molecule has 0 bridgehead atoms. The smallest absolute Gasteiger partial charge is 0.175 e. The molecule has 23 heavy (non-hydrogen) atoms. The molecule has 0 fully saturated rings. The van der Waals surface area contributed by atoms with Gasteiger partial charge in [-0.2, -0.15) is 0 Å². The van der Waals surface area contributed by atoms with Crippen molar-refractivity contribution in [3.63, 3.8) is 0 Å². The van der Waals surface area contributed by atoms with Crippen LogP contribution in [0.25, 0.3) is 0 Å². The Morgan fingerprint density at radius 3 is 2.26 bits per heavy atom. The van der Waals surface area contributed by atoms with Crippen LogP contribution < -0.4 is 19.9 Å². The summed E-state index contributed by atoms with van der Waals surface area (Å²) in [5, 5.41) is 0. The first-order chi connectivity index (χ1) is 11.0. The first kappa shape index (κ1) is 16.7. The zero-order valence-corrected chi connectivity index (χ0v) is 13.8. The van der Waals surface area contributed by atoms with Crippen LogP contribution in [-0.4, -0.2) is 27.1 Å². The predicted molar refractivity (Wildman–Crippen MR) is 89.7 cm³/mol. The summed E-state index contributed by atoms with van der Waals surface area (Å²) >= 11 is 0. The molecule has 0 spiro atoms. The van der Waals surface area contributed by atoms with Crippen molar-refractivity contribution in [1.82, 2.24) is 0 Å². The van der Waals surface area contributed by atoms with Crippen molar-refractivity contribution in [2.75, 3.05) is 27.1 Å². The lowest BCUT2D eigenvalue weighted by Gasteiger charge is -2.17. The van der Waals surface area contributed by atoms with Crippen LogP contribution in [-0.2, 0) is 0 Å². The number of benzene rings is 2. The van der Waals surface area contributed by atoms with E-state index in [2.05, 4.69) is 0 Å². The lowest BCUT2D eigenvalue weighted by molar-refractivity contribution is 0.0963. The summed E-state index contributed by atoms with van der Waals surface area (Å²) < 4.78 is 15.7. The van der Waals surface area contributed by atoms with Gasteiger partial charge in [-0.3, -0.25) is 4.79 Å². The molecule has 2 rings (SSSR count). The molecule has 2 aromatic carbocycles. The Bertz CT molecular complexity index is 712. The third-order valence-electron chi connectivity index (χ3n) is 3.84. The average Bonchev–Trinajstić information content (AvgIpc) is 2.60. The number of hydrogen-bond donors (Lipinski definition) is 1. The molecule has 5 heteroatoms. The van der Waals surface area contributed by atoms with E-state index in [-0.39, 0.29) is 11.5 Å². The number of carbonyl (C=O) groups is 1. The largest absolute Gasteiger partial charge is 0.497 e. The molecule has 1 atom stereocenters. The standard InChI is InChI=1S/C18H21NO4/c1-11(12-6-5-7-13(10-12)21-2)18(20)16-14(22-3)8-9-15(23-4)17(16)19/h5-11H,19H2,1-4H3. The van der Waals surface area contributed by atoms with Gasteiger partial charge in [0.1, 0.15) is 17.2 Å². The topological polar surface area (TPSA) is 70.8 Å². The monoisotopic (exact) mass is 315 g/mol. The van der Waals surface area contributed by atoms with Gasteiger partial charge in [0.05, 0.1) is 32.6 Å². The molecule has 0 saturated heterocycles. The Balaban J connectivity index is 2.46. The van der Waals surface area contributed by atoms with Crippen molar-refractivity contribution in [2.24, 2.45) is 0 Å². The second-order valence-corrected chi connectivity index (χ2v) is 5.12. The van der Waals surface area contributed by atoms with E-state index in [1.165, 1.54) is 14.2 Å². The molecule has 0 heterocycles. The van der Waals surface area contributed by atoms with Crippen molar-refractivity contribution in [1.29, 1.82) is 0 Å². The van der Waals surface area contributed by atoms with E-state index in [0.29, 0.717) is 22.8 Å². The number of anilines is 1. The van der Waals surface area contributed by atoms with Gasteiger partial charge in [-0.25, -0.2) is 0 Å². The number of nitrogen functional groups attached to an aromatic ring is 1. The van der Waals surface area contributed by atoms with Gasteiger partial charge in [-0.1, -0.05) is 19.1 Å². The molecule has 0 aliphatic rings. The quantitative estimate of drug-likeness (QED) is 0.654. The van der Waals surface area contributed by atoms with Gasteiger partial charge >= 0.3 is 0 Å². The van der Waals surface area contributed by atoms with Crippen molar-refractivity contribution in [3.05, 3.63) is 47.5 Å². The number of rotatable bonds is 6. The van der Waals surface area contributed by atoms with Crippen LogP contribution >= 0.6 is 0 Å². The van der Waals surface area contributed by atoms with Gasteiger partial charge in [0.25, 0.3) is 0 Å². The lowest BCUT2D eigenvalue weighted by atomic mass is 9.90. The number of Topliss-reactive ketones (excluding diaryl/α,β-unsaturated/α-hetero) is 1. The van der Waals surface area contributed by atoms with Crippen molar-refractivity contribution in [2.45, 2.75) is 12.8 Å². The molecule has 2 N–H and O–H groups in total. The molecule has 122 valence electrons. The maximum Gasteiger partial charge on any atom is 0.175 e. The molecule has 5 nitrogen and oxygen atoms in total. The molecular formula is C18H21NO4. The summed E-state index contributed by atoms with van der Waals surface area (Å²) in [6.07, 6.45) is 0. The Hall–Kier alpha value is -2.69.